The van der Waals surface area contributed by atoms with Crippen LogP contribution in [0.1, 0.15) is 47.2 Å². The number of nitrogens with one attached hydrogen (secondary N) is 1. The number of hydrogen-bond acceptors (Lipinski definition) is 5. The van der Waals surface area contributed by atoms with Crippen molar-refractivity contribution >= 4 is 28.6 Å². The maximum Gasteiger partial charge on any atom is 0.338 e. The number of rotatable bonds is 4. The average Bonchev–Trinajstić information content (AvgIpc) is 3.28. The highest BCUT2D eigenvalue weighted by Gasteiger charge is 2.35. The van der Waals surface area contributed by atoms with Crippen LogP contribution in [-0.2, 0) is 10.3 Å². The molecule has 0 saturated heterocycles. The number of methoxy groups -OCH3 is 1. The Balaban J connectivity index is 1.66. The Bertz CT molecular complexity index is 1050. The van der Waals surface area contributed by atoms with Crippen LogP contribution in [0.25, 0.3) is 11.0 Å². The summed E-state index contributed by atoms with van der Waals surface area (Å²) in [6.45, 7) is 1.83. The Morgan fingerprint density at radius 1 is 1.25 bits per heavy atom. The quantitative estimate of drug-likeness (QED) is 0.610. The number of carbonyl (C=O) groups is 1. The van der Waals surface area contributed by atoms with E-state index in [4.69, 9.17) is 21.1 Å². The van der Waals surface area contributed by atoms with Crippen LogP contribution in [-0.4, -0.2) is 28.2 Å². The van der Waals surface area contributed by atoms with E-state index in [0.717, 1.165) is 29.5 Å². The van der Waals surface area contributed by atoms with Crippen molar-refractivity contribution in [2.75, 3.05) is 7.11 Å². The number of hydrogen-bond donors (Lipinski definition) is 2. The third-order valence-electron chi connectivity index (χ3n) is 5.31. The largest absolute Gasteiger partial charge is 0.465 e. The van der Waals surface area contributed by atoms with Gasteiger partial charge in [0.2, 0.25) is 0 Å². The van der Waals surface area contributed by atoms with Crippen LogP contribution in [0.5, 0.6) is 11.8 Å². The number of imidazole rings is 1. The van der Waals surface area contributed by atoms with E-state index in [0.29, 0.717) is 34.7 Å². The van der Waals surface area contributed by atoms with Crippen molar-refractivity contribution in [2.45, 2.75) is 38.2 Å². The van der Waals surface area contributed by atoms with Gasteiger partial charge in [-0.15, -0.1) is 0 Å². The summed E-state index contributed by atoms with van der Waals surface area (Å²) in [5.41, 5.74) is 2.44. The summed E-state index contributed by atoms with van der Waals surface area (Å²) in [6, 6.07) is 9.03. The zero-order valence-corrected chi connectivity index (χ0v) is 16.5. The van der Waals surface area contributed by atoms with Crippen molar-refractivity contribution in [3.8, 4) is 11.8 Å². The summed E-state index contributed by atoms with van der Waals surface area (Å²) in [5, 5.41) is 11.4. The van der Waals surface area contributed by atoms with Gasteiger partial charge in [-0.25, -0.2) is 4.79 Å². The van der Waals surface area contributed by atoms with Crippen molar-refractivity contribution < 1.29 is 19.4 Å². The summed E-state index contributed by atoms with van der Waals surface area (Å²) in [4.78, 5) is 19.4. The Morgan fingerprint density at radius 2 is 2.00 bits per heavy atom. The van der Waals surface area contributed by atoms with Crippen LogP contribution in [0.3, 0.4) is 0 Å². The summed E-state index contributed by atoms with van der Waals surface area (Å²) in [6.07, 6.45) is 3.38. The van der Waals surface area contributed by atoms with Gasteiger partial charge in [-0.1, -0.05) is 30.5 Å². The van der Waals surface area contributed by atoms with Crippen LogP contribution in [0.2, 0.25) is 5.02 Å². The Morgan fingerprint density at radius 3 is 2.71 bits per heavy atom. The molecular formula is C21H21ClN2O4. The number of fused-ring (bicyclic) bond motifs is 1. The minimum Gasteiger partial charge on any atom is -0.465 e. The van der Waals surface area contributed by atoms with E-state index in [1.54, 1.807) is 24.3 Å². The van der Waals surface area contributed by atoms with Crippen molar-refractivity contribution in [1.82, 2.24) is 9.97 Å². The third-order valence-corrected chi connectivity index (χ3v) is 5.62. The van der Waals surface area contributed by atoms with Gasteiger partial charge in [-0.2, -0.15) is 4.98 Å². The molecule has 2 N–H and O–H groups in total. The molecule has 1 saturated carbocycles. The number of halogens is 1. The van der Waals surface area contributed by atoms with Gasteiger partial charge in [0.15, 0.2) is 0 Å². The van der Waals surface area contributed by atoms with Gasteiger partial charge in [0, 0.05) is 10.6 Å². The second-order valence-corrected chi connectivity index (χ2v) is 7.61. The topological polar surface area (TPSA) is 84.4 Å². The van der Waals surface area contributed by atoms with E-state index in [9.17, 15) is 9.90 Å². The summed E-state index contributed by atoms with van der Waals surface area (Å²) < 4.78 is 10.6. The number of ether oxygens (including phenoxy) is 2. The van der Waals surface area contributed by atoms with E-state index in [2.05, 4.69) is 9.97 Å². The lowest BCUT2D eigenvalue weighted by molar-refractivity contribution is 0.0447. The maximum atomic E-state index is 11.9. The minimum atomic E-state index is -0.885. The molecule has 28 heavy (non-hydrogen) atoms. The Labute approximate surface area is 167 Å². The molecule has 0 atom stereocenters. The number of aryl methyl sites for hydroxylation is 1. The first-order valence-electron chi connectivity index (χ1n) is 9.18. The van der Waals surface area contributed by atoms with Crippen LogP contribution < -0.4 is 4.74 Å². The number of aromatic amines is 1. The van der Waals surface area contributed by atoms with Crippen LogP contribution in [0.4, 0.5) is 0 Å². The molecule has 0 unspecified atom stereocenters. The fraction of sp³-hybridized carbons (Fsp3) is 0.333. The first kappa shape index (κ1) is 18.8. The first-order valence-corrected chi connectivity index (χ1v) is 9.56. The van der Waals surface area contributed by atoms with Gasteiger partial charge < -0.3 is 19.6 Å². The first-order chi connectivity index (χ1) is 13.4. The van der Waals surface area contributed by atoms with Gasteiger partial charge >= 0.3 is 5.97 Å². The molecule has 6 nitrogen and oxygen atoms in total. The average molecular weight is 401 g/mol. The molecule has 1 heterocycles. The number of nitrogens with zero attached hydrogens (tertiary/aromatic N) is 1. The molecule has 7 heteroatoms. The standard InChI is InChI=1S/C21H21ClN2O4/c1-12-5-6-13(9-14(12)19(25)27-2)28-20-23-17-10-15(16(22)11-18(17)24-20)21(26)7-3-4-8-21/h5-6,9-11,26H,3-4,7-8H2,1-2H3,(H,23,24). The second-order valence-electron chi connectivity index (χ2n) is 7.20. The molecule has 1 aliphatic carbocycles. The van der Waals surface area contributed by atoms with E-state index in [-0.39, 0.29) is 6.01 Å². The van der Waals surface area contributed by atoms with E-state index >= 15 is 0 Å². The van der Waals surface area contributed by atoms with Gasteiger partial charge in [0.05, 0.1) is 29.3 Å². The van der Waals surface area contributed by atoms with Crippen molar-refractivity contribution in [3.63, 3.8) is 0 Å². The predicted octanol–water partition coefficient (Wildman–Crippen LogP) is 4.87. The normalized spacial score (nSPS) is 15.7. The van der Waals surface area contributed by atoms with Gasteiger partial charge in [-0.05, 0) is 49.6 Å². The molecule has 0 amide bonds. The lowest BCUT2D eigenvalue weighted by Gasteiger charge is -2.23. The summed E-state index contributed by atoms with van der Waals surface area (Å²) >= 11 is 6.43. The number of aromatic nitrogens is 2. The van der Waals surface area contributed by atoms with Crippen molar-refractivity contribution in [1.29, 1.82) is 0 Å². The molecule has 4 rings (SSSR count). The highest BCUT2D eigenvalue weighted by molar-refractivity contribution is 6.32. The van der Waals surface area contributed by atoms with Gasteiger partial charge in [0.1, 0.15) is 5.75 Å². The zero-order chi connectivity index (χ0) is 19.9. The smallest absolute Gasteiger partial charge is 0.338 e. The van der Waals surface area contributed by atoms with Crippen molar-refractivity contribution in [2.24, 2.45) is 0 Å². The van der Waals surface area contributed by atoms with E-state index in [1.165, 1.54) is 7.11 Å². The second kappa shape index (κ2) is 7.11. The van der Waals surface area contributed by atoms with E-state index < -0.39 is 11.6 Å². The number of benzene rings is 2. The molecule has 0 aliphatic heterocycles. The molecule has 3 aromatic rings. The molecule has 0 radical (unpaired) electrons. The van der Waals surface area contributed by atoms with E-state index in [1.807, 2.05) is 13.0 Å². The highest BCUT2D eigenvalue weighted by atomic mass is 35.5. The third kappa shape index (κ3) is 3.34. The monoisotopic (exact) mass is 400 g/mol. The molecule has 1 aromatic heterocycles. The minimum absolute atomic E-state index is 0.279. The molecule has 0 spiro atoms. The fourth-order valence-corrected chi connectivity index (χ4v) is 4.08. The van der Waals surface area contributed by atoms with Crippen LogP contribution in [0, 0.1) is 6.92 Å². The van der Waals surface area contributed by atoms with Gasteiger partial charge in [0.25, 0.3) is 6.01 Å². The number of carbonyl (C=O) groups excluding carboxylic acids is 1. The SMILES string of the molecule is COC(=O)c1cc(Oc2nc3cc(Cl)c(C4(O)CCCC4)cc3[nH]2)ccc1C. The molecule has 146 valence electrons. The maximum absolute atomic E-state index is 11.9. The van der Waals surface area contributed by atoms with Gasteiger partial charge in [-0.3, -0.25) is 0 Å². The fourth-order valence-electron chi connectivity index (χ4n) is 3.75. The highest BCUT2D eigenvalue weighted by Crippen LogP contribution is 2.42. The molecular weight excluding hydrogens is 380 g/mol. The molecule has 2 aromatic carbocycles. The number of esters is 1. The zero-order valence-electron chi connectivity index (χ0n) is 15.7. The molecule has 1 fully saturated rings. The van der Waals surface area contributed by atoms with Crippen LogP contribution in [0.15, 0.2) is 30.3 Å². The van der Waals surface area contributed by atoms with Crippen LogP contribution >= 0.6 is 11.6 Å². The predicted molar refractivity (Wildman–Crippen MR) is 106 cm³/mol. The Kier molecular flexibility index (Phi) is 4.77. The lowest BCUT2D eigenvalue weighted by Crippen LogP contribution is -2.21. The lowest BCUT2D eigenvalue weighted by atomic mass is 9.92. The Hall–Kier alpha value is -2.57. The molecule has 0 bridgehead atoms. The van der Waals surface area contributed by atoms with Crippen molar-refractivity contribution in [3.05, 3.63) is 52.0 Å². The molecule has 1 aliphatic rings. The number of aliphatic hydroxyl groups is 1. The summed E-state index contributed by atoms with van der Waals surface area (Å²) in [7, 11) is 1.34. The summed E-state index contributed by atoms with van der Waals surface area (Å²) in [5.74, 6) is 0.0413. The number of H-pyrrole nitrogens is 1.